The molecule has 1 saturated heterocycles. The number of aromatic amines is 1. The topological polar surface area (TPSA) is 96.9 Å². The van der Waals surface area contributed by atoms with Crippen LogP contribution in [0.1, 0.15) is 28.2 Å². The van der Waals surface area contributed by atoms with Crippen LogP contribution >= 0.6 is 11.5 Å². The molecule has 0 aromatic carbocycles. The van der Waals surface area contributed by atoms with Gasteiger partial charge in [-0.1, -0.05) is 4.49 Å². The molecule has 1 N–H and O–H groups in total. The van der Waals surface area contributed by atoms with Crippen LogP contribution in [0.25, 0.3) is 0 Å². The predicted molar refractivity (Wildman–Crippen MR) is 65.6 cm³/mol. The number of hydrogen-bond donors (Lipinski definition) is 1. The van der Waals surface area contributed by atoms with E-state index in [0.29, 0.717) is 31.2 Å². The number of rotatable bonds is 2. The molecule has 1 aliphatic heterocycles. The first-order valence-electron chi connectivity index (χ1n) is 5.81. The Morgan fingerprint density at radius 3 is 3.21 bits per heavy atom. The molecule has 1 atom stereocenters. The van der Waals surface area contributed by atoms with Gasteiger partial charge in [0.15, 0.2) is 11.5 Å². The fourth-order valence-electron chi connectivity index (χ4n) is 1.91. The Morgan fingerprint density at radius 2 is 2.53 bits per heavy atom. The molecule has 19 heavy (non-hydrogen) atoms. The lowest BCUT2D eigenvalue weighted by Gasteiger charge is -2.31. The summed E-state index contributed by atoms with van der Waals surface area (Å²) in [7, 11) is 0. The van der Waals surface area contributed by atoms with Crippen molar-refractivity contribution in [1.82, 2.24) is 29.7 Å². The van der Waals surface area contributed by atoms with Crippen molar-refractivity contribution in [2.24, 2.45) is 0 Å². The van der Waals surface area contributed by atoms with Crippen molar-refractivity contribution in [3.63, 3.8) is 0 Å². The van der Waals surface area contributed by atoms with Gasteiger partial charge in [-0.3, -0.25) is 9.89 Å². The summed E-state index contributed by atoms with van der Waals surface area (Å²) < 4.78 is 9.30. The van der Waals surface area contributed by atoms with Crippen LogP contribution in [-0.4, -0.2) is 55.3 Å². The number of nitrogens with zero attached hydrogens (tertiary/aromatic N) is 5. The molecule has 0 saturated carbocycles. The highest BCUT2D eigenvalue weighted by atomic mass is 32.1. The van der Waals surface area contributed by atoms with Crippen LogP contribution in [0.5, 0.6) is 0 Å². The lowest BCUT2D eigenvalue weighted by atomic mass is 10.2. The second-order valence-electron chi connectivity index (χ2n) is 4.18. The molecule has 2 aromatic rings. The molecule has 1 aliphatic rings. The Balaban J connectivity index is 1.73. The van der Waals surface area contributed by atoms with Crippen molar-refractivity contribution in [2.45, 2.75) is 13.0 Å². The van der Waals surface area contributed by atoms with Crippen LogP contribution < -0.4 is 0 Å². The van der Waals surface area contributed by atoms with Crippen molar-refractivity contribution in [3.8, 4) is 0 Å². The third-order valence-electron chi connectivity index (χ3n) is 2.84. The van der Waals surface area contributed by atoms with E-state index in [1.165, 1.54) is 0 Å². The molecule has 3 heterocycles. The summed E-state index contributed by atoms with van der Waals surface area (Å²) >= 11 is 1.16. The number of morpholine rings is 1. The lowest BCUT2D eigenvalue weighted by molar-refractivity contribution is -0.0268. The quantitative estimate of drug-likeness (QED) is 0.842. The molecular formula is C10H12N6O2S. The van der Waals surface area contributed by atoms with Crippen molar-refractivity contribution in [1.29, 1.82) is 0 Å². The Hall–Kier alpha value is -1.87. The molecule has 1 fully saturated rings. The van der Waals surface area contributed by atoms with Crippen LogP contribution in [-0.2, 0) is 4.74 Å². The minimum atomic E-state index is -0.297. The van der Waals surface area contributed by atoms with Crippen LogP contribution in [0.15, 0.2) is 5.38 Å². The number of amides is 1. The Labute approximate surface area is 113 Å². The summed E-state index contributed by atoms with van der Waals surface area (Å²) in [5.41, 5.74) is 0.372. The molecule has 9 heteroatoms. The molecule has 3 rings (SSSR count). The van der Waals surface area contributed by atoms with Crippen molar-refractivity contribution < 1.29 is 9.53 Å². The molecule has 8 nitrogen and oxygen atoms in total. The number of carbonyl (C=O) groups is 1. The van der Waals surface area contributed by atoms with Gasteiger partial charge in [-0.2, -0.15) is 5.10 Å². The van der Waals surface area contributed by atoms with Crippen molar-refractivity contribution in [2.75, 3.05) is 19.7 Å². The maximum Gasteiger partial charge on any atom is 0.275 e. The normalized spacial score (nSPS) is 19.6. The third kappa shape index (κ3) is 2.47. The molecule has 100 valence electrons. The fourth-order valence-corrected chi connectivity index (χ4v) is 2.34. The number of aryl methyl sites for hydroxylation is 1. The van der Waals surface area contributed by atoms with Crippen molar-refractivity contribution >= 4 is 17.4 Å². The van der Waals surface area contributed by atoms with Gasteiger partial charge < -0.3 is 9.64 Å². The van der Waals surface area contributed by atoms with E-state index in [-0.39, 0.29) is 12.0 Å². The standard InChI is InChI=1S/C10H12N6O2S/c1-6-11-9(14-12-6)8-4-16(2-3-18-8)10(17)7-5-19-15-13-7/h5,8H,2-4H2,1H3,(H,11,12,14). The second-order valence-corrected chi connectivity index (χ2v) is 4.79. The second kappa shape index (κ2) is 5.02. The van der Waals surface area contributed by atoms with Gasteiger partial charge in [-0.15, -0.1) is 5.10 Å². The van der Waals surface area contributed by atoms with E-state index in [1.807, 2.05) is 6.92 Å². The zero-order valence-corrected chi connectivity index (χ0v) is 11.1. The number of aromatic nitrogens is 5. The zero-order valence-electron chi connectivity index (χ0n) is 10.2. The average molecular weight is 280 g/mol. The fraction of sp³-hybridized carbons (Fsp3) is 0.500. The maximum absolute atomic E-state index is 12.2. The molecule has 1 unspecified atom stereocenters. The van der Waals surface area contributed by atoms with Crippen LogP contribution in [0, 0.1) is 6.92 Å². The first kappa shape index (κ1) is 12.2. The van der Waals surface area contributed by atoms with E-state index in [0.717, 1.165) is 17.4 Å². The van der Waals surface area contributed by atoms with Crippen LogP contribution in [0.2, 0.25) is 0 Å². The number of nitrogens with one attached hydrogen (secondary N) is 1. The maximum atomic E-state index is 12.2. The monoisotopic (exact) mass is 280 g/mol. The highest BCUT2D eigenvalue weighted by Crippen LogP contribution is 2.20. The molecule has 0 bridgehead atoms. The van der Waals surface area contributed by atoms with Gasteiger partial charge in [0.05, 0.1) is 13.2 Å². The summed E-state index contributed by atoms with van der Waals surface area (Å²) in [6.07, 6.45) is -0.297. The molecular weight excluding hydrogens is 268 g/mol. The van der Waals surface area contributed by atoms with Gasteiger partial charge in [0.1, 0.15) is 11.9 Å². The first-order chi connectivity index (χ1) is 9.24. The largest absolute Gasteiger partial charge is 0.366 e. The minimum absolute atomic E-state index is 0.130. The summed E-state index contributed by atoms with van der Waals surface area (Å²) in [6, 6.07) is 0. The average Bonchev–Trinajstić information content (AvgIpc) is 3.09. The molecule has 0 aliphatic carbocycles. The number of hydrogen-bond acceptors (Lipinski definition) is 7. The molecule has 2 aromatic heterocycles. The number of H-pyrrole nitrogens is 1. The Morgan fingerprint density at radius 1 is 1.63 bits per heavy atom. The molecule has 0 radical (unpaired) electrons. The number of ether oxygens (including phenoxy) is 1. The summed E-state index contributed by atoms with van der Waals surface area (Å²) in [5.74, 6) is 1.17. The van der Waals surface area contributed by atoms with E-state index in [4.69, 9.17) is 4.74 Å². The lowest BCUT2D eigenvalue weighted by Crippen LogP contribution is -2.42. The van der Waals surface area contributed by atoms with E-state index >= 15 is 0 Å². The van der Waals surface area contributed by atoms with Gasteiger partial charge in [0, 0.05) is 11.9 Å². The summed E-state index contributed by atoms with van der Waals surface area (Å²) in [5, 5.41) is 12.3. The van der Waals surface area contributed by atoms with E-state index in [2.05, 4.69) is 24.8 Å². The first-order valence-corrected chi connectivity index (χ1v) is 6.64. The van der Waals surface area contributed by atoms with Gasteiger partial charge in [0.25, 0.3) is 5.91 Å². The van der Waals surface area contributed by atoms with Crippen LogP contribution in [0.4, 0.5) is 0 Å². The summed E-state index contributed by atoms with van der Waals surface area (Å²) in [6.45, 7) is 3.24. The van der Waals surface area contributed by atoms with Gasteiger partial charge in [-0.25, -0.2) is 4.98 Å². The van der Waals surface area contributed by atoms with E-state index in [9.17, 15) is 4.79 Å². The SMILES string of the molecule is Cc1nc(C2CN(C(=O)c3csnn3)CCO2)n[nH]1. The highest BCUT2D eigenvalue weighted by Gasteiger charge is 2.29. The van der Waals surface area contributed by atoms with Crippen molar-refractivity contribution in [3.05, 3.63) is 22.7 Å². The highest BCUT2D eigenvalue weighted by molar-refractivity contribution is 7.03. The van der Waals surface area contributed by atoms with Gasteiger partial charge >= 0.3 is 0 Å². The zero-order chi connectivity index (χ0) is 13.2. The Bertz CT molecular complexity index is 568. The number of carbonyl (C=O) groups excluding carboxylic acids is 1. The minimum Gasteiger partial charge on any atom is -0.366 e. The van der Waals surface area contributed by atoms with Gasteiger partial charge in [-0.05, 0) is 18.5 Å². The van der Waals surface area contributed by atoms with Gasteiger partial charge in [0.2, 0.25) is 0 Å². The Kier molecular flexibility index (Phi) is 3.22. The van der Waals surface area contributed by atoms with E-state index in [1.54, 1.807) is 10.3 Å². The van der Waals surface area contributed by atoms with Crippen LogP contribution in [0.3, 0.4) is 0 Å². The third-order valence-corrected chi connectivity index (χ3v) is 3.34. The molecule has 0 spiro atoms. The van der Waals surface area contributed by atoms with E-state index < -0.39 is 0 Å². The molecule has 1 amide bonds. The summed E-state index contributed by atoms with van der Waals surface area (Å²) in [4.78, 5) is 18.1. The smallest absolute Gasteiger partial charge is 0.275 e. The predicted octanol–water partition coefficient (Wildman–Crippen LogP) is 0.178.